The number of hydrogen-bond donors (Lipinski definition) is 2. The van der Waals surface area contributed by atoms with Gasteiger partial charge in [0.1, 0.15) is 0 Å². The zero-order valence-corrected chi connectivity index (χ0v) is 11.2. The monoisotopic (exact) mass is 238 g/mol. The number of carbonyl (C=O) groups excluding carboxylic acids is 1. The molecule has 98 valence electrons. The van der Waals surface area contributed by atoms with E-state index in [9.17, 15) is 4.79 Å². The molecule has 0 aromatic rings. The molecule has 2 rings (SSSR count). The molecular formula is C14H26N2O. The summed E-state index contributed by atoms with van der Waals surface area (Å²) in [7, 11) is 0. The van der Waals surface area contributed by atoms with Gasteiger partial charge in [-0.2, -0.15) is 0 Å². The second-order valence-corrected chi connectivity index (χ2v) is 6.17. The first kappa shape index (κ1) is 12.9. The Morgan fingerprint density at radius 1 is 1.29 bits per heavy atom. The smallest absolute Gasteiger partial charge is 0.234 e. The fourth-order valence-electron chi connectivity index (χ4n) is 2.89. The van der Waals surface area contributed by atoms with E-state index in [1.54, 1.807) is 0 Å². The maximum atomic E-state index is 11.7. The zero-order chi connectivity index (χ0) is 12.3. The Bertz CT molecular complexity index is 265. The van der Waals surface area contributed by atoms with E-state index in [0.717, 1.165) is 12.5 Å². The van der Waals surface area contributed by atoms with Crippen molar-refractivity contribution >= 4 is 5.91 Å². The Labute approximate surface area is 105 Å². The van der Waals surface area contributed by atoms with E-state index in [4.69, 9.17) is 0 Å². The third-order valence-electron chi connectivity index (χ3n) is 4.60. The molecule has 2 aliphatic rings. The van der Waals surface area contributed by atoms with Gasteiger partial charge in [-0.15, -0.1) is 0 Å². The molecule has 0 radical (unpaired) electrons. The van der Waals surface area contributed by atoms with Gasteiger partial charge < -0.3 is 10.6 Å². The molecule has 17 heavy (non-hydrogen) atoms. The number of rotatable bonds is 6. The Morgan fingerprint density at radius 2 is 1.94 bits per heavy atom. The predicted octanol–water partition coefficient (Wildman–Crippen LogP) is 2.07. The largest absolute Gasteiger partial charge is 0.352 e. The van der Waals surface area contributed by atoms with Crippen LogP contribution in [-0.4, -0.2) is 25.0 Å². The van der Waals surface area contributed by atoms with Crippen LogP contribution in [0.3, 0.4) is 0 Å². The highest BCUT2D eigenvalue weighted by molar-refractivity contribution is 5.78. The normalized spacial score (nSPS) is 23.0. The standard InChI is InChI=1S/C14H26N2O/c1-11(2)14(7-8-14)10-15-9-13(17)16-12-5-3-4-6-12/h11-12,15H,3-10H2,1-2H3,(H,16,17). The van der Waals surface area contributed by atoms with E-state index in [1.165, 1.54) is 38.5 Å². The lowest BCUT2D eigenvalue weighted by molar-refractivity contribution is -0.120. The van der Waals surface area contributed by atoms with Crippen LogP contribution in [0.25, 0.3) is 0 Å². The molecular weight excluding hydrogens is 212 g/mol. The summed E-state index contributed by atoms with van der Waals surface area (Å²) >= 11 is 0. The van der Waals surface area contributed by atoms with E-state index in [2.05, 4.69) is 24.5 Å². The van der Waals surface area contributed by atoms with Crippen LogP contribution in [0.15, 0.2) is 0 Å². The van der Waals surface area contributed by atoms with Crippen LogP contribution in [0, 0.1) is 11.3 Å². The first-order chi connectivity index (χ1) is 8.12. The Balaban J connectivity index is 1.60. The molecule has 3 nitrogen and oxygen atoms in total. The van der Waals surface area contributed by atoms with Crippen molar-refractivity contribution in [2.45, 2.75) is 58.4 Å². The van der Waals surface area contributed by atoms with Crippen LogP contribution in [-0.2, 0) is 4.79 Å². The van der Waals surface area contributed by atoms with Crippen LogP contribution < -0.4 is 10.6 Å². The zero-order valence-electron chi connectivity index (χ0n) is 11.2. The van der Waals surface area contributed by atoms with Gasteiger partial charge in [0, 0.05) is 12.6 Å². The lowest BCUT2D eigenvalue weighted by Crippen LogP contribution is -2.41. The van der Waals surface area contributed by atoms with Gasteiger partial charge >= 0.3 is 0 Å². The summed E-state index contributed by atoms with van der Waals surface area (Å²) in [5.41, 5.74) is 0.494. The second kappa shape index (κ2) is 5.38. The van der Waals surface area contributed by atoms with Crippen molar-refractivity contribution in [2.75, 3.05) is 13.1 Å². The summed E-state index contributed by atoms with van der Waals surface area (Å²) in [6, 6.07) is 0.448. The van der Waals surface area contributed by atoms with Gasteiger partial charge in [-0.25, -0.2) is 0 Å². The summed E-state index contributed by atoms with van der Waals surface area (Å²) < 4.78 is 0. The van der Waals surface area contributed by atoms with Crippen molar-refractivity contribution in [2.24, 2.45) is 11.3 Å². The SMILES string of the molecule is CC(C)C1(CNCC(=O)NC2CCCC2)CC1. The maximum absolute atomic E-state index is 11.7. The molecule has 2 N–H and O–H groups in total. The van der Waals surface area contributed by atoms with Crippen LogP contribution >= 0.6 is 0 Å². The molecule has 2 fully saturated rings. The second-order valence-electron chi connectivity index (χ2n) is 6.17. The molecule has 2 aliphatic carbocycles. The van der Waals surface area contributed by atoms with Crippen molar-refractivity contribution in [3.63, 3.8) is 0 Å². The Kier molecular flexibility index (Phi) is 4.08. The lowest BCUT2D eigenvalue weighted by Gasteiger charge is -2.20. The number of amides is 1. The fourth-order valence-corrected chi connectivity index (χ4v) is 2.89. The van der Waals surface area contributed by atoms with Gasteiger partial charge in [0.05, 0.1) is 6.54 Å². The number of nitrogens with one attached hydrogen (secondary N) is 2. The van der Waals surface area contributed by atoms with Crippen LogP contribution in [0.2, 0.25) is 0 Å². The van der Waals surface area contributed by atoms with Crippen molar-refractivity contribution in [1.29, 1.82) is 0 Å². The highest BCUT2D eigenvalue weighted by atomic mass is 16.1. The van der Waals surface area contributed by atoms with Crippen molar-refractivity contribution in [1.82, 2.24) is 10.6 Å². The highest BCUT2D eigenvalue weighted by Crippen LogP contribution is 2.51. The molecule has 0 atom stereocenters. The van der Waals surface area contributed by atoms with Gasteiger partial charge in [0.2, 0.25) is 5.91 Å². The van der Waals surface area contributed by atoms with Gasteiger partial charge in [-0.1, -0.05) is 26.7 Å². The van der Waals surface area contributed by atoms with Gasteiger partial charge in [0.15, 0.2) is 0 Å². The van der Waals surface area contributed by atoms with Crippen molar-refractivity contribution < 1.29 is 4.79 Å². The summed E-state index contributed by atoms with van der Waals surface area (Å²) in [5, 5.41) is 6.44. The van der Waals surface area contributed by atoms with E-state index in [1.807, 2.05) is 0 Å². The van der Waals surface area contributed by atoms with Gasteiger partial charge in [0.25, 0.3) is 0 Å². The Morgan fingerprint density at radius 3 is 2.47 bits per heavy atom. The topological polar surface area (TPSA) is 41.1 Å². The minimum Gasteiger partial charge on any atom is -0.352 e. The van der Waals surface area contributed by atoms with E-state index >= 15 is 0 Å². The van der Waals surface area contributed by atoms with E-state index < -0.39 is 0 Å². The molecule has 3 heteroatoms. The lowest BCUT2D eigenvalue weighted by atomic mass is 9.92. The maximum Gasteiger partial charge on any atom is 0.234 e. The first-order valence-corrected chi connectivity index (χ1v) is 7.12. The molecule has 0 spiro atoms. The summed E-state index contributed by atoms with van der Waals surface area (Å²) in [5.74, 6) is 0.907. The molecule has 0 aromatic carbocycles. The summed E-state index contributed by atoms with van der Waals surface area (Å²) in [6.07, 6.45) is 7.52. The van der Waals surface area contributed by atoms with Crippen LogP contribution in [0.1, 0.15) is 52.4 Å². The average molecular weight is 238 g/mol. The quantitative estimate of drug-likeness (QED) is 0.744. The van der Waals surface area contributed by atoms with Crippen LogP contribution in [0.5, 0.6) is 0 Å². The number of hydrogen-bond acceptors (Lipinski definition) is 2. The molecule has 0 unspecified atom stereocenters. The molecule has 0 bridgehead atoms. The van der Waals surface area contributed by atoms with E-state index in [0.29, 0.717) is 18.0 Å². The van der Waals surface area contributed by atoms with Crippen LogP contribution in [0.4, 0.5) is 0 Å². The first-order valence-electron chi connectivity index (χ1n) is 7.12. The van der Waals surface area contributed by atoms with Crippen molar-refractivity contribution in [3.05, 3.63) is 0 Å². The molecule has 0 aliphatic heterocycles. The predicted molar refractivity (Wildman–Crippen MR) is 69.8 cm³/mol. The summed E-state index contributed by atoms with van der Waals surface area (Å²) in [6.45, 7) is 6.06. The van der Waals surface area contributed by atoms with E-state index in [-0.39, 0.29) is 5.91 Å². The molecule has 0 heterocycles. The highest BCUT2D eigenvalue weighted by Gasteiger charge is 2.44. The third kappa shape index (κ3) is 3.44. The van der Waals surface area contributed by atoms with Gasteiger partial charge in [-0.3, -0.25) is 4.79 Å². The molecule has 0 aromatic heterocycles. The summed E-state index contributed by atoms with van der Waals surface area (Å²) in [4.78, 5) is 11.7. The van der Waals surface area contributed by atoms with Gasteiger partial charge in [-0.05, 0) is 37.0 Å². The average Bonchev–Trinajstić information content (AvgIpc) is 2.90. The minimum atomic E-state index is 0.177. The minimum absolute atomic E-state index is 0.177. The molecule has 1 amide bonds. The fraction of sp³-hybridized carbons (Fsp3) is 0.929. The molecule has 0 saturated heterocycles. The number of carbonyl (C=O) groups is 1. The van der Waals surface area contributed by atoms with Crippen molar-refractivity contribution in [3.8, 4) is 0 Å². The third-order valence-corrected chi connectivity index (χ3v) is 4.60. The molecule has 2 saturated carbocycles. The Hall–Kier alpha value is -0.570.